The van der Waals surface area contributed by atoms with E-state index in [4.69, 9.17) is 0 Å². The highest BCUT2D eigenvalue weighted by Crippen LogP contribution is 2.12. The van der Waals surface area contributed by atoms with Gasteiger partial charge in [0.2, 0.25) is 0 Å². The predicted molar refractivity (Wildman–Crippen MR) is 63.2 cm³/mol. The summed E-state index contributed by atoms with van der Waals surface area (Å²) in [4.78, 5) is 11.7. The maximum Gasteiger partial charge on any atom is 0.196 e. The summed E-state index contributed by atoms with van der Waals surface area (Å²) in [5.41, 5.74) is 0. The van der Waals surface area contributed by atoms with Crippen LogP contribution in [0.5, 0.6) is 0 Å². The maximum atomic E-state index is 4.47. The highest BCUT2D eigenvalue weighted by atomic mass is 15.4. The van der Waals surface area contributed by atoms with Crippen molar-refractivity contribution in [3.05, 3.63) is 0 Å². The van der Waals surface area contributed by atoms with E-state index in [1.807, 2.05) is 7.05 Å². The lowest BCUT2D eigenvalue weighted by Gasteiger charge is -2.37. The minimum absolute atomic E-state index is 1.12. The lowest BCUT2D eigenvalue weighted by molar-refractivity contribution is 0.200. The van der Waals surface area contributed by atoms with E-state index in [0.29, 0.717) is 0 Å². The van der Waals surface area contributed by atoms with Gasteiger partial charge in [-0.25, -0.2) is 0 Å². The molecule has 2 aliphatic heterocycles. The molecule has 0 atom stereocenters. The molecule has 0 unspecified atom stereocenters. The lowest BCUT2D eigenvalue weighted by Crippen LogP contribution is -2.52. The van der Waals surface area contributed by atoms with Crippen molar-refractivity contribution >= 4 is 5.96 Å². The minimum atomic E-state index is 1.12. The number of hydrogen-bond donors (Lipinski definition) is 0. The zero-order chi connectivity index (χ0) is 10.7. The van der Waals surface area contributed by atoms with Crippen molar-refractivity contribution in [1.29, 1.82) is 0 Å². The van der Waals surface area contributed by atoms with Crippen LogP contribution in [-0.4, -0.2) is 74.0 Å². The number of likely N-dealkylation sites (N-methyl/N-ethyl adjacent to an activating group) is 1. The van der Waals surface area contributed by atoms with E-state index in [-0.39, 0.29) is 0 Å². The quantitative estimate of drug-likeness (QED) is 0.424. The van der Waals surface area contributed by atoms with Crippen LogP contribution in [0.1, 0.15) is 12.8 Å². The van der Waals surface area contributed by atoms with Crippen molar-refractivity contribution in [3.8, 4) is 0 Å². The Morgan fingerprint density at radius 2 is 1.40 bits per heavy atom. The fraction of sp³-hybridized carbons (Fsp3) is 0.909. The molecule has 0 N–H and O–H groups in total. The summed E-state index contributed by atoms with van der Waals surface area (Å²) in [6.07, 6.45) is 2.65. The number of nitrogens with zero attached hydrogens (tertiary/aromatic N) is 4. The molecule has 86 valence electrons. The van der Waals surface area contributed by atoms with E-state index >= 15 is 0 Å². The summed E-state index contributed by atoms with van der Waals surface area (Å²) in [5.74, 6) is 1.22. The molecule has 2 rings (SSSR count). The molecule has 0 spiro atoms. The highest BCUT2D eigenvalue weighted by molar-refractivity contribution is 5.80. The second-order valence-corrected chi connectivity index (χ2v) is 4.51. The summed E-state index contributed by atoms with van der Waals surface area (Å²) in [6, 6.07) is 0. The number of likely N-dealkylation sites (tertiary alicyclic amines) is 1. The number of rotatable bonds is 0. The molecule has 0 aromatic rings. The van der Waals surface area contributed by atoms with Crippen molar-refractivity contribution in [2.45, 2.75) is 12.8 Å². The van der Waals surface area contributed by atoms with Crippen molar-refractivity contribution < 1.29 is 0 Å². The molecule has 0 saturated carbocycles. The SMILES string of the molecule is CN=C(N1CCCC1)N1CCN(C)CC1. The Bertz CT molecular complexity index is 225. The van der Waals surface area contributed by atoms with Crippen molar-refractivity contribution in [2.75, 3.05) is 53.4 Å². The van der Waals surface area contributed by atoms with Gasteiger partial charge in [0.1, 0.15) is 0 Å². The second kappa shape index (κ2) is 4.84. The molecule has 2 fully saturated rings. The zero-order valence-corrected chi connectivity index (χ0v) is 9.95. The number of guanidine groups is 1. The summed E-state index contributed by atoms with van der Waals surface area (Å²) < 4.78 is 0. The van der Waals surface area contributed by atoms with E-state index in [9.17, 15) is 0 Å². The van der Waals surface area contributed by atoms with Crippen LogP contribution in [0.3, 0.4) is 0 Å². The van der Waals surface area contributed by atoms with Gasteiger partial charge in [0.25, 0.3) is 0 Å². The molecule has 0 bridgehead atoms. The van der Waals surface area contributed by atoms with Crippen LogP contribution in [0.4, 0.5) is 0 Å². The van der Waals surface area contributed by atoms with Gasteiger partial charge in [-0.2, -0.15) is 0 Å². The van der Waals surface area contributed by atoms with E-state index in [0.717, 1.165) is 26.2 Å². The van der Waals surface area contributed by atoms with Crippen LogP contribution in [0, 0.1) is 0 Å². The predicted octanol–water partition coefficient (Wildman–Crippen LogP) is 0.315. The zero-order valence-electron chi connectivity index (χ0n) is 9.95. The molecular formula is C11H22N4. The Morgan fingerprint density at radius 3 is 1.93 bits per heavy atom. The topological polar surface area (TPSA) is 22.1 Å². The van der Waals surface area contributed by atoms with Gasteiger partial charge in [-0.3, -0.25) is 4.99 Å². The summed E-state index contributed by atoms with van der Waals surface area (Å²) in [7, 11) is 4.11. The smallest absolute Gasteiger partial charge is 0.196 e. The average Bonchev–Trinajstić information content (AvgIpc) is 2.75. The van der Waals surface area contributed by atoms with E-state index in [1.54, 1.807) is 0 Å². The fourth-order valence-electron chi connectivity index (χ4n) is 2.41. The molecule has 4 nitrogen and oxygen atoms in total. The number of hydrogen-bond acceptors (Lipinski definition) is 2. The van der Waals surface area contributed by atoms with Crippen LogP contribution >= 0.6 is 0 Å². The Kier molecular flexibility index (Phi) is 3.46. The monoisotopic (exact) mass is 210 g/mol. The maximum absolute atomic E-state index is 4.47. The van der Waals surface area contributed by atoms with Crippen LogP contribution in [0.15, 0.2) is 4.99 Å². The standard InChI is InChI=1S/C11H22N4/c1-12-11(14-5-3-4-6-14)15-9-7-13(2)8-10-15/h3-10H2,1-2H3. The first-order valence-electron chi connectivity index (χ1n) is 5.96. The lowest BCUT2D eigenvalue weighted by atomic mass is 10.3. The molecule has 2 saturated heterocycles. The highest BCUT2D eigenvalue weighted by Gasteiger charge is 2.23. The third-order valence-corrected chi connectivity index (χ3v) is 3.38. The first-order chi connectivity index (χ1) is 7.31. The number of piperazine rings is 1. The van der Waals surface area contributed by atoms with Gasteiger partial charge in [0, 0.05) is 46.3 Å². The first kappa shape index (κ1) is 10.7. The minimum Gasteiger partial charge on any atom is -0.343 e. The van der Waals surface area contributed by atoms with Gasteiger partial charge >= 0.3 is 0 Å². The van der Waals surface area contributed by atoms with Crippen molar-refractivity contribution in [2.24, 2.45) is 4.99 Å². The number of aliphatic imine (C=N–C) groups is 1. The fourth-order valence-corrected chi connectivity index (χ4v) is 2.41. The molecular weight excluding hydrogens is 188 g/mol. The molecule has 0 aromatic heterocycles. The van der Waals surface area contributed by atoms with Gasteiger partial charge < -0.3 is 14.7 Å². The van der Waals surface area contributed by atoms with E-state index < -0.39 is 0 Å². The van der Waals surface area contributed by atoms with Crippen LogP contribution in [-0.2, 0) is 0 Å². The van der Waals surface area contributed by atoms with Gasteiger partial charge in [-0.1, -0.05) is 0 Å². The summed E-state index contributed by atoms with van der Waals surface area (Å²) in [6.45, 7) is 6.96. The van der Waals surface area contributed by atoms with E-state index in [1.165, 1.54) is 31.9 Å². The van der Waals surface area contributed by atoms with Gasteiger partial charge in [-0.05, 0) is 19.9 Å². The van der Waals surface area contributed by atoms with Crippen LogP contribution in [0.2, 0.25) is 0 Å². The normalized spacial score (nSPS) is 25.1. The molecule has 0 amide bonds. The Morgan fingerprint density at radius 1 is 0.867 bits per heavy atom. The molecule has 0 radical (unpaired) electrons. The van der Waals surface area contributed by atoms with Crippen molar-refractivity contribution in [1.82, 2.24) is 14.7 Å². The average molecular weight is 210 g/mol. The van der Waals surface area contributed by atoms with E-state index in [2.05, 4.69) is 26.7 Å². The Balaban J connectivity index is 1.94. The van der Waals surface area contributed by atoms with Crippen molar-refractivity contribution in [3.63, 3.8) is 0 Å². The molecule has 0 aliphatic carbocycles. The van der Waals surface area contributed by atoms with Gasteiger partial charge in [-0.15, -0.1) is 0 Å². The third kappa shape index (κ3) is 2.43. The van der Waals surface area contributed by atoms with Gasteiger partial charge in [0.15, 0.2) is 5.96 Å². The molecule has 2 aliphatic rings. The summed E-state index contributed by atoms with van der Waals surface area (Å²) in [5, 5.41) is 0. The summed E-state index contributed by atoms with van der Waals surface area (Å²) >= 11 is 0. The molecule has 2 heterocycles. The third-order valence-electron chi connectivity index (χ3n) is 3.38. The molecule has 15 heavy (non-hydrogen) atoms. The largest absolute Gasteiger partial charge is 0.343 e. The van der Waals surface area contributed by atoms with Gasteiger partial charge in [0.05, 0.1) is 0 Å². The first-order valence-corrected chi connectivity index (χ1v) is 5.96. The van der Waals surface area contributed by atoms with Crippen LogP contribution < -0.4 is 0 Å². The molecule has 0 aromatic carbocycles. The molecule has 4 heteroatoms. The van der Waals surface area contributed by atoms with Crippen LogP contribution in [0.25, 0.3) is 0 Å². The second-order valence-electron chi connectivity index (χ2n) is 4.51. The Labute approximate surface area is 92.6 Å². The Hall–Kier alpha value is -0.770.